The Morgan fingerprint density at radius 3 is 2.37 bits per heavy atom. The number of fused-ring (bicyclic) bond motifs is 1. The number of esters is 1. The van der Waals surface area contributed by atoms with Gasteiger partial charge in [0.25, 0.3) is 5.91 Å². The molecule has 3 heterocycles. The summed E-state index contributed by atoms with van der Waals surface area (Å²) in [6, 6.07) is 5.81. The fourth-order valence-electron chi connectivity index (χ4n) is 5.10. The van der Waals surface area contributed by atoms with Crippen LogP contribution in [0.5, 0.6) is 0 Å². The highest BCUT2D eigenvalue weighted by Crippen LogP contribution is 2.38. The molecule has 0 spiro atoms. The topological polar surface area (TPSA) is 122 Å². The standard InChI is InChI=1S/C26H33N3O7S2/c1-5-36-25(31)22-20-10-11-28(26(32)35-4)15-21(20)37-24(22)27-23(30)18-6-8-19(9-7-18)38(33,34)29-13-16(2)12-17(3)14-29/h6-9,16-17H,5,10-15H2,1-4H3,(H,27,30). The number of sulfonamides is 1. The molecule has 0 radical (unpaired) electrons. The molecule has 2 unspecified atom stereocenters. The Morgan fingerprint density at radius 1 is 1.11 bits per heavy atom. The molecule has 1 fully saturated rings. The Hall–Kier alpha value is -2.96. The van der Waals surface area contributed by atoms with Crippen LogP contribution in [-0.2, 0) is 32.5 Å². The number of nitrogens with zero attached hydrogens (tertiary/aromatic N) is 2. The van der Waals surface area contributed by atoms with Gasteiger partial charge >= 0.3 is 12.1 Å². The summed E-state index contributed by atoms with van der Waals surface area (Å²) >= 11 is 1.21. The highest BCUT2D eigenvalue weighted by atomic mass is 32.2. The first-order chi connectivity index (χ1) is 18.0. The lowest BCUT2D eigenvalue weighted by Crippen LogP contribution is -2.42. The van der Waals surface area contributed by atoms with Crippen molar-refractivity contribution in [3.8, 4) is 0 Å². The summed E-state index contributed by atoms with van der Waals surface area (Å²) in [6.45, 7) is 7.56. The number of piperidine rings is 1. The number of nitrogens with one attached hydrogen (secondary N) is 1. The van der Waals surface area contributed by atoms with Crippen molar-refractivity contribution in [2.45, 2.75) is 45.1 Å². The van der Waals surface area contributed by atoms with Crippen molar-refractivity contribution in [1.82, 2.24) is 9.21 Å². The molecule has 1 N–H and O–H groups in total. The van der Waals surface area contributed by atoms with Crippen LogP contribution in [0.15, 0.2) is 29.2 Å². The molecule has 4 rings (SSSR count). The van der Waals surface area contributed by atoms with Gasteiger partial charge in [-0.25, -0.2) is 18.0 Å². The molecule has 0 saturated carbocycles. The van der Waals surface area contributed by atoms with Crippen LogP contribution in [-0.4, -0.2) is 68.9 Å². The molecule has 1 aromatic heterocycles. The van der Waals surface area contributed by atoms with Gasteiger partial charge in [-0.2, -0.15) is 4.31 Å². The van der Waals surface area contributed by atoms with Crippen molar-refractivity contribution in [2.24, 2.45) is 11.8 Å². The first kappa shape index (κ1) is 28.1. The van der Waals surface area contributed by atoms with Crippen molar-refractivity contribution in [1.29, 1.82) is 0 Å². The molecule has 12 heteroatoms. The third-order valence-corrected chi connectivity index (χ3v) is 9.76. The van der Waals surface area contributed by atoms with Gasteiger partial charge in [-0.3, -0.25) is 4.79 Å². The van der Waals surface area contributed by atoms with Crippen LogP contribution in [0.1, 0.15) is 58.3 Å². The van der Waals surface area contributed by atoms with Crippen LogP contribution in [0.25, 0.3) is 0 Å². The monoisotopic (exact) mass is 563 g/mol. The van der Waals surface area contributed by atoms with Crippen LogP contribution in [0, 0.1) is 11.8 Å². The second-order valence-electron chi connectivity index (χ2n) is 9.82. The van der Waals surface area contributed by atoms with E-state index in [4.69, 9.17) is 9.47 Å². The van der Waals surface area contributed by atoms with Gasteiger partial charge in [0.2, 0.25) is 10.0 Å². The van der Waals surface area contributed by atoms with Gasteiger partial charge in [0.1, 0.15) is 5.00 Å². The van der Waals surface area contributed by atoms with Crippen molar-refractivity contribution in [3.05, 3.63) is 45.8 Å². The van der Waals surface area contributed by atoms with Crippen molar-refractivity contribution < 1.29 is 32.3 Å². The number of benzene rings is 1. The first-order valence-corrected chi connectivity index (χ1v) is 14.9. The zero-order chi connectivity index (χ0) is 27.6. The van der Waals surface area contributed by atoms with E-state index in [0.29, 0.717) is 31.1 Å². The van der Waals surface area contributed by atoms with Gasteiger partial charge in [0, 0.05) is 30.1 Å². The number of carbonyl (C=O) groups excluding carboxylic acids is 3. The minimum atomic E-state index is -3.67. The number of hydrogen-bond donors (Lipinski definition) is 1. The number of thiophene rings is 1. The van der Waals surface area contributed by atoms with E-state index >= 15 is 0 Å². The largest absolute Gasteiger partial charge is 0.462 e. The summed E-state index contributed by atoms with van der Waals surface area (Å²) in [5.74, 6) is -0.464. The number of ether oxygens (including phenoxy) is 2. The maximum Gasteiger partial charge on any atom is 0.409 e. The molecule has 2 amide bonds. The Kier molecular flexibility index (Phi) is 8.43. The predicted molar refractivity (Wildman–Crippen MR) is 143 cm³/mol. The molecule has 1 saturated heterocycles. The van der Waals surface area contributed by atoms with Gasteiger partial charge in [-0.05, 0) is 61.4 Å². The lowest BCUT2D eigenvalue weighted by atomic mass is 9.94. The molecular formula is C26H33N3O7S2. The van der Waals surface area contributed by atoms with E-state index in [9.17, 15) is 22.8 Å². The lowest BCUT2D eigenvalue weighted by molar-refractivity contribution is 0.0526. The quantitative estimate of drug-likeness (QED) is 0.528. The molecule has 2 aliphatic heterocycles. The van der Waals surface area contributed by atoms with Gasteiger partial charge < -0.3 is 19.7 Å². The van der Waals surface area contributed by atoms with Crippen LogP contribution < -0.4 is 5.32 Å². The zero-order valence-electron chi connectivity index (χ0n) is 22.0. The maximum atomic E-state index is 13.2. The second-order valence-corrected chi connectivity index (χ2v) is 12.9. The predicted octanol–water partition coefficient (Wildman–Crippen LogP) is 3.97. The second kappa shape index (κ2) is 11.4. The maximum absolute atomic E-state index is 13.2. The van der Waals surface area contributed by atoms with Crippen molar-refractivity contribution in [3.63, 3.8) is 0 Å². The minimum absolute atomic E-state index is 0.136. The van der Waals surface area contributed by atoms with Crippen LogP contribution in [0.2, 0.25) is 0 Å². The number of anilines is 1. The molecule has 0 aliphatic carbocycles. The fraction of sp³-hybridized carbons (Fsp3) is 0.500. The average molecular weight is 564 g/mol. The van der Waals surface area contributed by atoms with E-state index in [1.165, 1.54) is 51.9 Å². The zero-order valence-corrected chi connectivity index (χ0v) is 23.6. The molecule has 2 aliphatic rings. The van der Waals surface area contributed by atoms with E-state index in [-0.39, 0.29) is 41.0 Å². The summed E-state index contributed by atoms with van der Waals surface area (Å²) in [4.78, 5) is 40.4. The Labute approximate surface area is 226 Å². The number of methoxy groups -OCH3 is 1. The molecule has 38 heavy (non-hydrogen) atoms. The van der Waals surface area contributed by atoms with Gasteiger partial charge in [-0.1, -0.05) is 13.8 Å². The summed E-state index contributed by atoms with van der Waals surface area (Å²) < 4.78 is 37.9. The smallest absolute Gasteiger partial charge is 0.409 e. The van der Waals surface area contributed by atoms with E-state index in [1.807, 2.05) is 13.8 Å². The molecule has 0 bridgehead atoms. The van der Waals surface area contributed by atoms with Gasteiger partial charge in [0.15, 0.2) is 0 Å². The molecule has 2 atom stereocenters. The SMILES string of the molecule is CCOC(=O)c1c(NC(=O)c2ccc(S(=O)(=O)N3CC(C)CC(C)C3)cc2)sc2c1CCN(C(=O)OC)C2. The molecule has 10 nitrogen and oxygen atoms in total. The van der Waals surface area contributed by atoms with E-state index in [2.05, 4.69) is 5.32 Å². The van der Waals surface area contributed by atoms with Crippen LogP contribution in [0.4, 0.5) is 9.80 Å². The normalized spacial score (nSPS) is 19.9. The first-order valence-electron chi connectivity index (χ1n) is 12.6. The van der Waals surface area contributed by atoms with Gasteiger partial charge in [0.05, 0.1) is 30.7 Å². The van der Waals surface area contributed by atoms with E-state index in [1.54, 1.807) is 6.92 Å². The Bertz CT molecular complexity index is 1310. The highest BCUT2D eigenvalue weighted by molar-refractivity contribution is 7.89. The number of carbonyl (C=O) groups is 3. The number of hydrogen-bond acceptors (Lipinski definition) is 8. The van der Waals surface area contributed by atoms with Crippen molar-refractivity contribution in [2.75, 3.05) is 38.7 Å². The molecule has 1 aromatic carbocycles. The highest BCUT2D eigenvalue weighted by Gasteiger charge is 2.33. The molecular weight excluding hydrogens is 530 g/mol. The van der Waals surface area contributed by atoms with E-state index < -0.39 is 28.0 Å². The number of rotatable bonds is 6. The Balaban J connectivity index is 1.55. The summed E-state index contributed by atoms with van der Waals surface area (Å²) in [5, 5.41) is 3.13. The summed E-state index contributed by atoms with van der Waals surface area (Å²) in [6.07, 6.45) is 0.952. The van der Waals surface area contributed by atoms with Crippen LogP contribution in [0.3, 0.4) is 0 Å². The molecule has 206 valence electrons. The summed E-state index contributed by atoms with van der Waals surface area (Å²) in [7, 11) is -2.36. The third-order valence-electron chi connectivity index (χ3n) is 6.79. The fourth-order valence-corrected chi connectivity index (χ4v) is 8.03. The number of amides is 2. The summed E-state index contributed by atoms with van der Waals surface area (Å²) in [5.41, 5.74) is 1.29. The van der Waals surface area contributed by atoms with Crippen molar-refractivity contribution >= 4 is 44.3 Å². The van der Waals surface area contributed by atoms with Crippen LogP contribution >= 0.6 is 11.3 Å². The van der Waals surface area contributed by atoms with Gasteiger partial charge in [-0.15, -0.1) is 11.3 Å². The Morgan fingerprint density at radius 2 is 1.76 bits per heavy atom. The third kappa shape index (κ3) is 5.71. The molecule has 2 aromatic rings. The average Bonchev–Trinajstić information content (AvgIpc) is 3.24. The van der Waals surface area contributed by atoms with E-state index in [0.717, 1.165) is 16.9 Å². The lowest BCUT2D eigenvalue weighted by Gasteiger charge is -2.34. The minimum Gasteiger partial charge on any atom is -0.462 e.